The molecular formula is C11H7BrN4. The van der Waals surface area contributed by atoms with Gasteiger partial charge >= 0.3 is 0 Å². The summed E-state index contributed by atoms with van der Waals surface area (Å²) in [4.78, 5) is 8.62. The number of hydrogen-bond acceptors (Lipinski definition) is 3. The van der Waals surface area contributed by atoms with Crippen molar-refractivity contribution in [3.05, 3.63) is 47.2 Å². The smallest absolute Gasteiger partial charge is 0.200 e. The van der Waals surface area contributed by atoms with E-state index in [4.69, 9.17) is 0 Å². The van der Waals surface area contributed by atoms with Crippen LogP contribution in [-0.4, -0.2) is 19.6 Å². The molecule has 0 unspecified atom stereocenters. The maximum absolute atomic E-state index is 4.40. The van der Waals surface area contributed by atoms with Crippen LogP contribution in [0.1, 0.15) is 0 Å². The summed E-state index contributed by atoms with van der Waals surface area (Å²) in [5.41, 5.74) is 1.58. The highest BCUT2D eigenvalue weighted by Gasteiger charge is 2.07. The molecular weight excluding hydrogens is 268 g/mol. The molecule has 3 heterocycles. The van der Waals surface area contributed by atoms with Crippen molar-refractivity contribution in [3.63, 3.8) is 0 Å². The molecule has 0 aliphatic carbocycles. The number of nitrogens with zero attached hydrogens (tertiary/aromatic N) is 4. The summed E-state index contributed by atoms with van der Waals surface area (Å²) in [6.07, 6.45) is 1.73. The Kier molecular flexibility index (Phi) is 2.18. The van der Waals surface area contributed by atoms with Gasteiger partial charge in [-0.2, -0.15) is 0 Å². The fraction of sp³-hybridized carbons (Fsp3) is 0. The first-order chi connectivity index (χ1) is 7.84. The Morgan fingerprint density at radius 3 is 2.75 bits per heavy atom. The summed E-state index contributed by atoms with van der Waals surface area (Å²) in [5.74, 6) is 0.632. The number of fused-ring (bicyclic) bond motifs is 1. The van der Waals surface area contributed by atoms with Gasteiger partial charge in [-0.25, -0.2) is 9.50 Å². The lowest BCUT2D eigenvalue weighted by atomic mass is 10.3. The van der Waals surface area contributed by atoms with Crippen molar-refractivity contribution >= 4 is 21.6 Å². The molecule has 0 radical (unpaired) electrons. The van der Waals surface area contributed by atoms with E-state index in [9.17, 15) is 0 Å². The Labute approximate surface area is 100 Å². The van der Waals surface area contributed by atoms with E-state index >= 15 is 0 Å². The summed E-state index contributed by atoms with van der Waals surface area (Å²) in [5, 5.41) is 4.38. The van der Waals surface area contributed by atoms with Crippen LogP contribution in [0.5, 0.6) is 0 Å². The lowest BCUT2D eigenvalue weighted by molar-refractivity contribution is 0.937. The zero-order chi connectivity index (χ0) is 11.0. The second-order valence-electron chi connectivity index (χ2n) is 3.27. The average Bonchev–Trinajstić information content (AvgIpc) is 2.76. The molecule has 3 aromatic heterocycles. The van der Waals surface area contributed by atoms with Crippen molar-refractivity contribution in [1.29, 1.82) is 0 Å². The average molecular weight is 275 g/mol. The van der Waals surface area contributed by atoms with Crippen LogP contribution in [0.4, 0.5) is 0 Å². The van der Waals surface area contributed by atoms with Gasteiger partial charge in [0.15, 0.2) is 5.65 Å². The van der Waals surface area contributed by atoms with Crippen LogP contribution in [0.3, 0.4) is 0 Å². The van der Waals surface area contributed by atoms with Crippen LogP contribution in [0.15, 0.2) is 47.2 Å². The molecule has 0 fully saturated rings. The predicted octanol–water partition coefficient (Wildman–Crippen LogP) is 2.55. The maximum Gasteiger partial charge on any atom is 0.200 e. The van der Waals surface area contributed by atoms with Crippen LogP contribution in [0, 0.1) is 0 Å². The van der Waals surface area contributed by atoms with Gasteiger partial charge in [-0.1, -0.05) is 12.1 Å². The second-order valence-corrected chi connectivity index (χ2v) is 4.08. The summed E-state index contributed by atoms with van der Waals surface area (Å²) in [6, 6.07) is 11.4. The van der Waals surface area contributed by atoms with Gasteiger partial charge in [-0.3, -0.25) is 4.98 Å². The first-order valence-electron chi connectivity index (χ1n) is 4.77. The summed E-state index contributed by atoms with van der Waals surface area (Å²) in [7, 11) is 0. The number of halogens is 1. The van der Waals surface area contributed by atoms with E-state index in [-0.39, 0.29) is 0 Å². The minimum atomic E-state index is 0.632. The van der Waals surface area contributed by atoms with Gasteiger partial charge in [0.1, 0.15) is 10.3 Å². The molecule has 0 aliphatic heterocycles. The zero-order valence-electron chi connectivity index (χ0n) is 8.21. The fourth-order valence-corrected chi connectivity index (χ4v) is 1.89. The minimum Gasteiger partial charge on any atom is -0.253 e. The third kappa shape index (κ3) is 1.49. The Hall–Kier alpha value is -1.75. The summed E-state index contributed by atoms with van der Waals surface area (Å²) in [6.45, 7) is 0. The predicted molar refractivity (Wildman–Crippen MR) is 63.9 cm³/mol. The largest absolute Gasteiger partial charge is 0.253 e. The molecule has 0 atom stereocenters. The van der Waals surface area contributed by atoms with E-state index in [0.717, 1.165) is 15.9 Å². The quantitative estimate of drug-likeness (QED) is 0.641. The summed E-state index contributed by atoms with van der Waals surface area (Å²) >= 11 is 3.42. The van der Waals surface area contributed by atoms with Crippen LogP contribution < -0.4 is 0 Å². The molecule has 0 amide bonds. The van der Waals surface area contributed by atoms with Crippen molar-refractivity contribution in [3.8, 4) is 11.5 Å². The van der Waals surface area contributed by atoms with Crippen molar-refractivity contribution < 1.29 is 0 Å². The van der Waals surface area contributed by atoms with Crippen molar-refractivity contribution in [2.24, 2.45) is 0 Å². The molecule has 0 N–H and O–H groups in total. The summed E-state index contributed by atoms with van der Waals surface area (Å²) < 4.78 is 2.61. The van der Waals surface area contributed by atoms with Crippen molar-refractivity contribution in [2.45, 2.75) is 0 Å². The van der Waals surface area contributed by atoms with Gasteiger partial charge in [0.25, 0.3) is 0 Å². The molecule has 16 heavy (non-hydrogen) atoms. The molecule has 5 heteroatoms. The third-order valence-corrected chi connectivity index (χ3v) is 2.81. The lowest BCUT2D eigenvalue weighted by Gasteiger charge is -1.92. The van der Waals surface area contributed by atoms with Crippen molar-refractivity contribution in [2.75, 3.05) is 0 Å². The number of hydrogen-bond donors (Lipinski definition) is 0. The monoisotopic (exact) mass is 274 g/mol. The Morgan fingerprint density at radius 1 is 1.06 bits per heavy atom. The molecule has 0 aliphatic rings. The topological polar surface area (TPSA) is 43.1 Å². The Bertz CT molecular complexity index is 633. The van der Waals surface area contributed by atoms with E-state index in [1.807, 2.05) is 36.4 Å². The molecule has 0 spiro atoms. The molecule has 4 nitrogen and oxygen atoms in total. The first kappa shape index (κ1) is 9.47. The normalized spacial score (nSPS) is 10.8. The maximum atomic E-state index is 4.40. The van der Waals surface area contributed by atoms with Crippen LogP contribution >= 0.6 is 15.9 Å². The zero-order valence-corrected chi connectivity index (χ0v) is 9.79. The Balaban J connectivity index is 2.23. The van der Waals surface area contributed by atoms with E-state index in [0.29, 0.717) is 5.82 Å². The minimum absolute atomic E-state index is 0.632. The van der Waals surface area contributed by atoms with Gasteiger partial charge in [0.05, 0.1) is 0 Å². The van der Waals surface area contributed by atoms with Crippen LogP contribution in [0.25, 0.3) is 17.2 Å². The van der Waals surface area contributed by atoms with E-state index in [1.165, 1.54) is 0 Å². The van der Waals surface area contributed by atoms with Crippen molar-refractivity contribution in [1.82, 2.24) is 19.6 Å². The Morgan fingerprint density at radius 2 is 2.00 bits per heavy atom. The molecule has 0 saturated heterocycles. The third-order valence-electron chi connectivity index (χ3n) is 2.21. The first-order valence-corrected chi connectivity index (χ1v) is 5.56. The molecule has 0 aromatic carbocycles. The van der Waals surface area contributed by atoms with Crippen LogP contribution in [0.2, 0.25) is 0 Å². The van der Waals surface area contributed by atoms with E-state index < -0.39 is 0 Å². The molecule has 0 bridgehead atoms. The van der Waals surface area contributed by atoms with Gasteiger partial charge in [-0.15, -0.1) is 5.10 Å². The molecule has 3 rings (SSSR count). The van der Waals surface area contributed by atoms with E-state index in [1.54, 1.807) is 10.7 Å². The fourth-order valence-electron chi connectivity index (χ4n) is 1.48. The molecule has 78 valence electrons. The number of rotatable bonds is 1. The van der Waals surface area contributed by atoms with Gasteiger partial charge < -0.3 is 0 Å². The standard InChI is InChI=1S/C11H7BrN4/c12-9-5-3-6-10-14-11(15-16(9)10)8-4-1-2-7-13-8/h1-7H. The molecule has 0 saturated carbocycles. The van der Waals surface area contributed by atoms with Crippen LogP contribution in [-0.2, 0) is 0 Å². The lowest BCUT2D eigenvalue weighted by Crippen LogP contribution is -1.89. The second kappa shape index (κ2) is 3.68. The highest BCUT2D eigenvalue weighted by atomic mass is 79.9. The SMILES string of the molecule is Brc1cccc2nc(-c3ccccn3)nn12. The number of pyridine rings is 2. The highest BCUT2D eigenvalue weighted by molar-refractivity contribution is 9.10. The molecule has 3 aromatic rings. The number of aromatic nitrogens is 4. The van der Waals surface area contributed by atoms with Gasteiger partial charge in [0.2, 0.25) is 5.82 Å². The van der Waals surface area contributed by atoms with E-state index in [2.05, 4.69) is 31.0 Å². The van der Waals surface area contributed by atoms with Gasteiger partial charge in [0, 0.05) is 6.20 Å². The highest BCUT2D eigenvalue weighted by Crippen LogP contribution is 2.16. The van der Waals surface area contributed by atoms with Gasteiger partial charge in [-0.05, 0) is 40.2 Å².